The fourth-order valence-corrected chi connectivity index (χ4v) is 2.64. The van der Waals surface area contributed by atoms with Gasteiger partial charge in [-0.1, -0.05) is 19.9 Å². The van der Waals surface area contributed by atoms with Gasteiger partial charge in [-0.15, -0.1) is 0 Å². The maximum Gasteiger partial charge on any atom is 0.120 e. The number of nitrogens with one attached hydrogen (secondary N) is 1. The largest absolute Gasteiger partial charge is 0.497 e. The Morgan fingerprint density at radius 2 is 2.10 bits per heavy atom. The highest BCUT2D eigenvalue weighted by Crippen LogP contribution is 2.22. The molecule has 0 saturated carbocycles. The van der Waals surface area contributed by atoms with Gasteiger partial charge in [0.15, 0.2) is 0 Å². The van der Waals surface area contributed by atoms with Gasteiger partial charge in [-0.3, -0.25) is 0 Å². The van der Waals surface area contributed by atoms with Gasteiger partial charge < -0.3 is 20.1 Å². The van der Waals surface area contributed by atoms with Crippen LogP contribution < -0.4 is 15.0 Å². The number of ether oxygens (including phenoxy) is 1. The predicted octanol–water partition coefficient (Wildman–Crippen LogP) is 2.66. The number of hydrogen-bond acceptors (Lipinski definition) is 4. The minimum absolute atomic E-state index is 0.135. The molecule has 0 heterocycles. The molecule has 0 radical (unpaired) electrons. The van der Waals surface area contributed by atoms with E-state index in [0.29, 0.717) is 0 Å². The zero-order chi connectivity index (χ0) is 15.7. The highest BCUT2D eigenvalue weighted by molar-refractivity contribution is 5.49. The van der Waals surface area contributed by atoms with Crippen molar-refractivity contribution in [2.24, 2.45) is 0 Å². The molecule has 0 aromatic heterocycles. The average molecular weight is 294 g/mol. The Hall–Kier alpha value is -1.26. The molecule has 0 amide bonds. The SMILES string of the molecule is CCNC(CC)(CO)CCCN(C)c1cccc(OC)c1. The Kier molecular flexibility index (Phi) is 7.54. The molecule has 1 atom stereocenters. The number of aliphatic hydroxyl groups is 1. The highest BCUT2D eigenvalue weighted by Gasteiger charge is 2.25. The van der Waals surface area contributed by atoms with Gasteiger partial charge in [-0.2, -0.15) is 0 Å². The molecule has 1 aromatic rings. The van der Waals surface area contributed by atoms with Crippen LogP contribution in [0.15, 0.2) is 24.3 Å². The van der Waals surface area contributed by atoms with E-state index in [1.54, 1.807) is 7.11 Å². The Balaban J connectivity index is 2.53. The van der Waals surface area contributed by atoms with Crippen LogP contribution in [-0.2, 0) is 0 Å². The number of nitrogens with zero attached hydrogens (tertiary/aromatic N) is 1. The fourth-order valence-electron chi connectivity index (χ4n) is 2.64. The van der Waals surface area contributed by atoms with Gasteiger partial charge in [-0.25, -0.2) is 0 Å². The molecule has 1 aromatic carbocycles. The molecule has 21 heavy (non-hydrogen) atoms. The van der Waals surface area contributed by atoms with E-state index in [2.05, 4.69) is 37.2 Å². The van der Waals surface area contributed by atoms with Crippen molar-refractivity contribution in [1.29, 1.82) is 0 Å². The second-order valence-electron chi connectivity index (χ2n) is 5.55. The minimum atomic E-state index is -0.135. The molecule has 4 heteroatoms. The summed E-state index contributed by atoms with van der Waals surface area (Å²) < 4.78 is 5.26. The van der Waals surface area contributed by atoms with Gasteiger partial charge in [0, 0.05) is 30.9 Å². The summed E-state index contributed by atoms with van der Waals surface area (Å²) in [5.41, 5.74) is 1.02. The van der Waals surface area contributed by atoms with Crippen LogP contribution in [0.3, 0.4) is 0 Å². The second-order valence-corrected chi connectivity index (χ2v) is 5.55. The molecule has 1 unspecified atom stereocenters. The molecule has 4 nitrogen and oxygen atoms in total. The van der Waals surface area contributed by atoms with Gasteiger partial charge in [0.25, 0.3) is 0 Å². The molecule has 0 aliphatic rings. The van der Waals surface area contributed by atoms with E-state index in [1.165, 1.54) is 0 Å². The molecule has 0 fully saturated rings. The maximum absolute atomic E-state index is 9.67. The van der Waals surface area contributed by atoms with Crippen molar-refractivity contribution >= 4 is 5.69 Å². The number of anilines is 1. The standard InChI is InChI=1S/C17H30N2O2/c1-5-17(14-20,18-6-2)11-8-12-19(3)15-9-7-10-16(13-15)21-4/h7,9-10,13,18,20H,5-6,8,11-12,14H2,1-4H3. The van der Waals surface area contributed by atoms with Crippen LogP contribution in [0.5, 0.6) is 5.75 Å². The second kappa shape index (κ2) is 8.90. The first kappa shape index (κ1) is 17.8. The lowest BCUT2D eigenvalue weighted by molar-refractivity contribution is 0.147. The summed E-state index contributed by atoms with van der Waals surface area (Å²) in [6, 6.07) is 8.10. The molecule has 2 N–H and O–H groups in total. The molecular formula is C17H30N2O2. The van der Waals surface area contributed by atoms with Gasteiger partial charge in [-0.05, 0) is 37.9 Å². The number of likely N-dealkylation sites (N-methyl/N-ethyl adjacent to an activating group) is 1. The summed E-state index contributed by atoms with van der Waals surface area (Å²) in [7, 11) is 3.78. The van der Waals surface area contributed by atoms with Crippen LogP contribution in [-0.4, -0.2) is 44.5 Å². The van der Waals surface area contributed by atoms with Crippen molar-refractivity contribution in [3.63, 3.8) is 0 Å². The first-order valence-corrected chi connectivity index (χ1v) is 7.82. The number of aliphatic hydroxyl groups excluding tert-OH is 1. The summed E-state index contributed by atoms with van der Waals surface area (Å²) >= 11 is 0. The normalized spacial score (nSPS) is 13.8. The van der Waals surface area contributed by atoms with Crippen molar-refractivity contribution in [2.45, 2.75) is 38.6 Å². The predicted molar refractivity (Wildman–Crippen MR) is 89.3 cm³/mol. The van der Waals surface area contributed by atoms with E-state index in [-0.39, 0.29) is 12.1 Å². The number of rotatable bonds is 10. The van der Waals surface area contributed by atoms with Crippen LogP contribution in [0, 0.1) is 0 Å². The molecular weight excluding hydrogens is 264 g/mol. The lowest BCUT2D eigenvalue weighted by atomic mass is 9.91. The van der Waals surface area contributed by atoms with Crippen molar-refractivity contribution in [3.8, 4) is 5.75 Å². The summed E-state index contributed by atoms with van der Waals surface area (Å²) in [5, 5.41) is 13.1. The van der Waals surface area contributed by atoms with Crippen molar-refractivity contribution in [3.05, 3.63) is 24.3 Å². The van der Waals surface area contributed by atoms with E-state index in [0.717, 1.165) is 43.8 Å². The summed E-state index contributed by atoms with van der Waals surface area (Å²) in [6.07, 6.45) is 2.96. The molecule has 1 rings (SSSR count). The quantitative estimate of drug-likeness (QED) is 0.696. The van der Waals surface area contributed by atoms with E-state index in [4.69, 9.17) is 4.74 Å². The number of hydrogen-bond donors (Lipinski definition) is 2. The Labute approximate surface area is 129 Å². The third kappa shape index (κ3) is 5.21. The fraction of sp³-hybridized carbons (Fsp3) is 0.647. The number of benzene rings is 1. The van der Waals surface area contributed by atoms with Crippen molar-refractivity contribution < 1.29 is 9.84 Å². The lowest BCUT2D eigenvalue weighted by Gasteiger charge is -2.32. The Morgan fingerprint density at radius 1 is 1.33 bits per heavy atom. The van der Waals surface area contributed by atoms with E-state index < -0.39 is 0 Å². The highest BCUT2D eigenvalue weighted by atomic mass is 16.5. The zero-order valence-electron chi connectivity index (χ0n) is 13.9. The minimum Gasteiger partial charge on any atom is -0.497 e. The van der Waals surface area contributed by atoms with Crippen LogP contribution in [0.1, 0.15) is 33.1 Å². The Morgan fingerprint density at radius 3 is 2.67 bits per heavy atom. The first-order chi connectivity index (χ1) is 10.1. The average Bonchev–Trinajstić information content (AvgIpc) is 2.54. The van der Waals surface area contributed by atoms with E-state index in [9.17, 15) is 5.11 Å². The molecule has 0 aliphatic heterocycles. The third-order valence-corrected chi connectivity index (χ3v) is 4.17. The van der Waals surface area contributed by atoms with E-state index >= 15 is 0 Å². The molecule has 0 aliphatic carbocycles. The summed E-state index contributed by atoms with van der Waals surface area (Å²) in [6.45, 7) is 6.26. The lowest BCUT2D eigenvalue weighted by Crippen LogP contribution is -2.48. The van der Waals surface area contributed by atoms with Crippen LogP contribution >= 0.6 is 0 Å². The van der Waals surface area contributed by atoms with Crippen molar-refractivity contribution in [2.75, 3.05) is 38.8 Å². The molecule has 0 saturated heterocycles. The first-order valence-electron chi connectivity index (χ1n) is 7.82. The van der Waals surface area contributed by atoms with Gasteiger partial charge in [0.2, 0.25) is 0 Å². The number of methoxy groups -OCH3 is 1. The molecule has 0 bridgehead atoms. The van der Waals surface area contributed by atoms with Crippen LogP contribution in [0.2, 0.25) is 0 Å². The van der Waals surface area contributed by atoms with Gasteiger partial charge in [0.1, 0.15) is 5.75 Å². The monoisotopic (exact) mass is 294 g/mol. The van der Waals surface area contributed by atoms with E-state index in [1.807, 2.05) is 18.2 Å². The third-order valence-electron chi connectivity index (χ3n) is 4.17. The van der Waals surface area contributed by atoms with Gasteiger partial charge in [0.05, 0.1) is 13.7 Å². The van der Waals surface area contributed by atoms with Crippen LogP contribution in [0.25, 0.3) is 0 Å². The molecule has 0 spiro atoms. The molecule has 120 valence electrons. The maximum atomic E-state index is 9.67. The van der Waals surface area contributed by atoms with Gasteiger partial charge >= 0.3 is 0 Å². The smallest absolute Gasteiger partial charge is 0.120 e. The van der Waals surface area contributed by atoms with Crippen molar-refractivity contribution in [1.82, 2.24) is 5.32 Å². The topological polar surface area (TPSA) is 44.7 Å². The Bertz CT molecular complexity index is 406. The van der Waals surface area contributed by atoms with Crippen LogP contribution in [0.4, 0.5) is 5.69 Å². The summed E-state index contributed by atoms with van der Waals surface area (Å²) in [5.74, 6) is 0.880. The zero-order valence-corrected chi connectivity index (χ0v) is 13.9. The summed E-state index contributed by atoms with van der Waals surface area (Å²) in [4.78, 5) is 2.23.